The third kappa shape index (κ3) is 1.80. The number of aliphatic hydroxyl groups is 1. The summed E-state index contributed by atoms with van der Waals surface area (Å²) in [5, 5.41) is 11.2. The summed E-state index contributed by atoms with van der Waals surface area (Å²) < 4.78 is 18.1. The van der Waals surface area contributed by atoms with Crippen molar-refractivity contribution in [3.63, 3.8) is 0 Å². The molecule has 2 atom stereocenters. The number of rotatable bonds is 1. The van der Waals surface area contributed by atoms with Crippen LogP contribution in [-0.2, 0) is 6.42 Å². The van der Waals surface area contributed by atoms with E-state index in [2.05, 4.69) is 20.2 Å². The standard InChI is InChI=1S/C20H22NO4/c1-21(2)9-8-13-14-15(19-20(18(13)23-3)25-10-24-19)11-6-4-5-7-12(11)17(22)16(14)21/h4-7,16-17,22H,8-10H2,1-3H3/q+1/t16-,17-/m0/s1. The Kier molecular flexibility index (Phi) is 2.95. The fourth-order valence-corrected chi connectivity index (χ4v) is 4.80. The molecule has 0 spiro atoms. The molecule has 5 heteroatoms. The first-order chi connectivity index (χ1) is 12.0. The maximum absolute atomic E-state index is 11.2. The molecule has 25 heavy (non-hydrogen) atoms. The van der Waals surface area contributed by atoms with Gasteiger partial charge in [-0.25, -0.2) is 0 Å². The van der Waals surface area contributed by atoms with Crippen LogP contribution in [0.4, 0.5) is 0 Å². The highest BCUT2D eigenvalue weighted by atomic mass is 16.7. The maximum Gasteiger partial charge on any atom is 0.231 e. The molecule has 0 unspecified atom stereocenters. The molecule has 0 amide bonds. The van der Waals surface area contributed by atoms with Crippen LogP contribution in [-0.4, -0.2) is 44.1 Å². The molecule has 130 valence electrons. The first-order valence-corrected chi connectivity index (χ1v) is 8.67. The minimum Gasteiger partial charge on any atom is -0.492 e. The molecule has 2 aromatic rings. The highest BCUT2D eigenvalue weighted by molar-refractivity contribution is 5.86. The number of nitrogens with zero attached hydrogens (tertiary/aromatic N) is 1. The van der Waals surface area contributed by atoms with E-state index >= 15 is 0 Å². The zero-order valence-corrected chi connectivity index (χ0v) is 14.7. The van der Waals surface area contributed by atoms with Crippen molar-refractivity contribution in [1.82, 2.24) is 0 Å². The number of fused-ring (bicyclic) bond motifs is 4. The third-order valence-corrected chi connectivity index (χ3v) is 5.95. The van der Waals surface area contributed by atoms with Gasteiger partial charge in [-0.05, 0) is 11.1 Å². The number of hydrogen-bond acceptors (Lipinski definition) is 4. The average Bonchev–Trinajstić information content (AvgIpc) is 3.08. The van der Waals surface area contributed by atoms with Crippen molar-refractivity contribution in [3.8, 4) is 28.4 Å². The van der Waals surface area contributed by atoms with Gasteiger partial charge >= 0.3 is 0 Å². The monoisotopic (exact) mass is 340 g/mol. The first kappa shape index (κ1) is 15.0. The van der Waals surface area contributed by atoms with Crippen molar-refractivity contribution in [2.45, 2.75) is 18.6 Å². The van der Waals surface area contributed by atoms with E-state index in [1.54, 1.807) is 7.11 Å². The van der Waals surface area contributed by atoms with Gasteiger partial charge in [0.05, 0.1) is 27.7 Å². The predicted octanol–water partition coefficient (Wildman–Crippen LogP) is 2.81. The molecule has 0 saturated heterocycles. The highest BCUT2D eigenvalue weighted by Crippen LogP contribution is 2.61. The Morgan fingerprint density at radius 3 is 2.72 bits per heavy atom. The second-order valence-corrected chi connectivity index (χ2v) is 7.59. The lowest BCUT2D eigenvalue weighted by Crippen LogP contribution is -2.51. The molecule has 5 nitrogen and oxygen atoms in total. The maximum atomic E-state index is 11.2. The summed E-state index contributed by atoms with van der Waals surface area (Å²) in [6, 6.07) is 8.03. The fourth-order valence-electron chi connectivity index (χ4n) is 4.80. The van der Waals surface area contributed by atoms with Gasteiger partial charge < -0.3 is 23.8 Å². The highest BCUT2D eigenvalue weighted by Gasteiger charge is 2.50. The van der Waals surface area contributed by atoms with Gasteiger partial charge in [0.1, 0.15) is 12.1 Å². The second kappa shape index (κ2) is 4.90. The van der Waals surface area contributed by atoms with Gasteiger partial charge in [-0.3, -0.25) is 0 Å². The lowest BCUT2D eigenvalue weighted by atomic mass is 9.74. The second-order valence-electron chi connectivity index (χ2n) is 7.59. The average molecular weight is 340 g/mol. The van der Waals surface area contributed by atoms with E-state index in [9.17, 15) is 5.11 Å². The van der Waals surface area contributed by atoms with E-state index in [1.165, 1.54) is 0 Å². The molecule has 2 aliphatic heterocycles. The number of hydrogen-bond donors (Lipinski definition) is 1. The number of aliphatic hydroxyl groups excluding tert-OH is 1. The summed E-state index contributed by atoms with van der Waals surface area (Å²) >= 11 is 0. The Morgan fingerprint density at radius 1 is 1.16 bits per heavy atom. The van der Waals surface area contributed by atoms with E-state index in [1.807, 2.05) is 18.2 Å². The van der Waals surface area contributed by atoms with Crippen LogP contribution in [0.5, 0.6) is 17.2 Å². The molecule has 2 aromatic carbocycles. The molecule has 0 radical (unpaired) electrons. The summed E-state index contributed by atoms with van der Waals surface area (Å²) in [4.78, 5) is 0. The lowest BCUT2D eigenvalue weighted by Gasteiger charge is -2.48. The van der Waals surface area contributed by atoms with Gasteiger partial charge in [0.15, 0.2) is 11.5 Å². The fraction of sp³-hybridized carbons (Fsp3) is 0.400. The molecule has 1 aliphatic carbocycles. The summed E-state index contributed by atoms with van der Waals surface area (Å²) in [6.45, 7) is 1.14. The Labute approximate surface area is 146 Å². The van der Waals surface area contributed by atoms with Crippen molar-refractivity contribution in [2.24, 2.45) is 0 Å². The number of methoxy groups -OCH3 is 1. The van der Waals surface area contributed by atoms with Crippen LogP contribution in [0.2, 0.25) is 0 Å². The van der Waals surface area contributed by atoms with E-state index in [0.29, 0.717) is 5.75 Å². The summed E-state index contributed by atoms with van der Waals surface area (Å²) in [5.74, 6) is 2.22. The van der Waals surface area contributed by atoms with Crippen molar-refractivity contribution in [3.05, 3.63) is 41.0 Å². The molecule has 1 N–H and O–H groups in total. The molecule has 0 fully saturated rings. The zero-order valence-electron chi connectivity index (χ0n) is 14.7. The molecular weight excluding hydrogens is 318 g/mol. The Balaban J connectivity index is 1.94. The Bertz CT molecular complexity index is 890. The number of benzene rings is 2. The molecule has 0 saturated carbocycles. The van der Waals surface area contributed by atoms with E-state index < -0.39 is 6.10 Å². The minimum atomic E-state index is -0.553. The van der Waals surface area contributed by atoms with Crippen LogP contribution >= 0.6 is 0 Å². The van der Waals surface area contributed by atoms with Crippen molar-refractivity contribution < 1.29 is 23.8 Å². The Hall–Kier alpha value is -2.24. The molecule has 3 aliphatic rings. The number of likely N-dealkylation sites (N-methyl/N-ethyl adjacent to an activating group) is 1. The van der Waals surface area contributed by atoms with Gasteiger partial charge in [0.25, 0.3) is 0 Å². The quantitative estimate of drug-likeness (QED) is 0.811. The van der Waals surface area contributed by atoms with Crippen LogP contribution in [0.15, 0.2) is 24.3 Å². The first-order valence-electron chi connectivity index (χ1n) is 8.67. The van der Waals surface area contributed by atoms with Gasteiger partial charge in [-0.15, -0.1) is 0 Å². The summed E-state index contributed by atoms with van der Waals surface area (Å²) in [5.41, 5.74) is 5.37. The normalized spacial score (nSPS) is 24.5. The topological polar surface area (TPSA) is 47.9 Å². The molecule has 2 heterocycles. The zero-order chi connectivity index (χ0) is 17.3. The van der Waals surface area contributed by atoms with Crippen molar-refractivity contribution >= 4 is 0 Å². The van der Waals surface area contributed by atoms with E-state index in [4.69, 9.17) is 14.2 Å². The Morgan fingerprint density at radius 2 is 1.92 bits per heavy atom. The van der Waals surface area contributed by atoms with Gasteiger partial charge in [-0.1, -0.05) is 24.3 Å². The smallest absolute Gasteiger partial charge is 0.231 e. The minimum absolute atomic E-state index is 0.0444. The van der Waals surface area contributed by atoms with E-state index in [0.717, 1.165) is 56.8 Å². The molecular formula is C20H22NO4+. The van der Waals surface area contributed by atoms with Gasteiger partial charge in [-0.2, -0.15) is 0 Å². The third-order valence-electron chi connectivity index (χ3n) is 5.95. The number of quaternary nitrogens is 1. The van der Waals surface area contributed by atoms with Crippen LogP contribution < -0.4 is 14.2 Å². The predicted molar refractivity (Wildman–Crippen MR) is 92.9 cm³/mol. The van der Waals surface area contributed by atoms with E-state index in [-0.39, 0.29) is 12.8 Å². The van der Waals surface area contributed by atoms with Crippen LogP contribution in [0, 0.1) is 0 Å². The molecule has 0 aromatic heterocycles. The number of ether oxygens (including phenoxy) is 3. The van der Waals surface area contributed by atoms with Crippen LogP contribution in [0.25, 0.3) is 11.1 Å². The lowest BCUT2D eigenvalue weighted by molar-refractivity contribution is -0.927. The summed E-state index contributed by atoms with van der Waals surface area (Å²) in [7, 11) is 6.05. The SMILES string of the molecule is COc1c2c3c(c4c1OCO4)-c1ccccc1[C@H](O)[C@H]3[N+](C)(C)CC2. The van der Waals surface area contributed by atoms with Crippen LogP contribution in [0.1, 0.15) is 28.8 Å². The van der Waals surface area contributed by atoms with Crippen molar-refractivity contribution in [2.75, 3.05) is 34.5 Å². The molecule has 0 bridgehead atoms. The largest absolute Gasteiger partial charge is 0.492 e. The van der Waals surface area contributed by atoms with Gasteiger partial charge in [0.2, 0.25) is 12.5 Å². The van der Waals surface area contributed by atoms with Gasteiger partial charge in [0, 0.05) is 23.1 Å². The van der Waals surface area contributed by atoms with Crippen LogP contribution in [0.3, 0.4) is 0 Å². The summed E-state index contributed by atoms with van der Waals surface area (Å²) in [6.07, 6.45) is 0.336. The van der Waals surface area contributed by atoms with Crippen molar-refractivity contribution in [1.29, 1.82) is 0 Å². The molecule has 5 rings (SSSR count).